The van der Waals surface area contributed by atoms with Crippen molar-refractivity contribution in [2.75, 3.05) is 6.61 Å². The molecule has 1 atom stereocenters. The Balaban J connectivity index is 2.67. The van der Waals surface area contributed by atoms with Crippen LogP contribution in [0.5, 0.6) is 5.75 Å². The van der Waals surface area contributed by atoms with Gasteiger partial charge in [-0.15, -0.1) is 6.42 Å². The Morgan fingerprint density at radius 3 is 3.00 bits per heavy atom. The lowest BCUT2D eigenvalue weighted by atomic mass is 10.1. The molecule has 1 unspecified atom stereocenters. The number of carbonyl (C=O) groups is 1. The standard InChI is InChI=1S/C12H13NO3/c1-2-6-16-10-5-3-4-9(7-10)8-11(13)12(14)15/h1,3-5,7,11H,6,8,13H2,(H,14,15). The molecule has 0 bridgehead atoms. The van der Waals surface area contributed by atoms with E-state index < -0.39 is 12.0 Å². The highest BCUT2D eigenvalue weighted by Crippen LogP contribution is 2.14. The molecule has 3 N–H and O–H groups in total. The molecule has 0 aliphatic carbocycles. The Morgan fingerprint density at radius 1 is 1.62 bits per heavy atom. The van der Waals surface area contributed by atoms with Gasteiger partial charge in [-0.2, -0.15) is 0 Å². The van der Waals surface area contributed by atoms with Gasteiger partial charge in [0.15, 0.2) is 0 Å². The van der Waals surface area contributed by atoms with Crippen molar-refractivity contribution in [1.82, 2.24) is 0 Å². The summed E-state index contributed by atoms with van der Waals surface area (Å²) in [5.41, 5.74) is 6.24. The van der Waals surface area contributed by atoms with Crippen LogP contribution in [0.2, 0.25) is 0 Å². The minimum Gasteiger partial charge on any atom is -0.481 e. The number of hydrogen-bond donors (Lipinski definition) is 2. The molecule has 0 heterocycles. The lowest BCUT2D eigenvalue weighted by molar-refractivity contribution is -0.138. The number of ether oxygens (including phenoxy) is 1. The molecule has 1 rings (SSSR count). The van der Waals surface area contributed by atoms with Crippen molar-refractivity contribution in [2.45, 2.75) is 12.5 Å². The molecule has 1 aromatic carbocycles. The zero-order valence-electron chi connectivity index (χ0n) is 8.72. The second-order valence-corrected chi connectivity index (χ2v) is 3.29. The number of rotatable bonds is 5. The Morgan fingerprint density at radius 2 is 2.38 bits per heavy atom. The predicted octanol–water partition coefficient (Wildman–Crippen LogP) is 0.653. The molecule has 0 saturated carbocycles. The molecule has 84 valence electrons. The van der Waals surface area contributed by atoms with Gasteiger partial charge in [0.05, 0.1) is 0 Å². The largest absolute Gasteiger partial charge is 0.481 e. The van der Waals surface area contributed by atoms with Crippen LogP contribution in [0.4, 0.5) is 0 Å². The maximum absolute atomic E-state index is 10.6. The van der Waals surface area contributed by atoms with Crippen molar-refractivity contribution in [3.63, 3.8) is 0 Å². The molecular weight excluding hydrogens is 206 g/mol. The zero-order chi connectivity index (χ0) is 12.0. The first-order chi connectivity index (χ1) is 7.63. The molecule has 0 spiro atoms. The fourth-order valence-electron chi connectivity index (χ4n) is 1.23. The van der Waals surface area contributed by atoms with E-state index in [-0.39, 0.29) is 13.0 Å². The normalized spacial score (nSPS) is 11.5. The highest BCUT2D eigenvalue weighted by atomic mass is 16.5. The molecule has 1 aromatic rings. The minimum absolute atomic E-state index is 0.189. The summed E-state index contributed by atoms with van der Waals surface area (Å²) in [6, 6.07) is 6.16. The van der Waals surface area contributed by atoms with Crippen molar-refractivity contribution in [3.8, 4) is 18.1 Å². The lowest BCUT2D eigenvalue weighted by Gasteiger charge is -2.08. The van der Waals surface area contributed by atoms with Gasteiger partial charge in [0.25, 0.3) is 0 Å². The van der Waals surface area contributed by atoms with Crippen LogP contribution in [0.25, 0.3) is 0 Å². The average Bonchev–Trinajstić information content (AvgIpc) is 2.26. The molecule has 0 aliphatic rings. The molecular formula is C12H13NO3. The van der Waals surface area contributed by atoms with Crippen LogP contribution >= 0.6 is 0 Å². The van der Waals surface area contributed by atoms with Gasteiger partial charge in [0.2, 0.25) is 0 Å². The first kappa shape index (κ1) is 12.1. The van der Waals surface area contributed by atoms with Gasteiger partial charge in [0, 0.05) is 0 Å². The van der Waals surface area contributed by atoms with E-state index in [1.165, 1.54) is 0 Å². The van der Waals surface area contributed by atoms with Gasteiger partial charge in [0.1, 0.15) is 18.4 Å². The van der Waals surface area contributed by atoms with Gasteiger partial charge in [-0.3, -0.25) is 4.79 Å². The van der Waals surface area contributed by atoms with E-state index in [1.54, 1.807) is 24.3 Å². The first-order valence-electron chi connectivity index (χ1n) is 4.77. The summed E-state index contributed by atoms with van der Waals surface area (Å²) in [7, 11) is 0. The third-order valence-corrected chi connectivity index (χ3v) is 1.99. The van der Waals surface area contributed by atoms with Crippen LogP contribution in [-0.2, 0) is 11.2 Å². The molecule has 0 aliphatic heterocycles. The van der Waals surface area contributed by atoms with E-state index in [0.29, 0.717) is 5.75 Å². The topological polar surface area (TPSA) is 72.5 Å². The van der Waals surface area contributed by atoms with Crippen LogP contribution < -0.4 is 10.5 Å². The highest BCUT2D eigenvalue weighted by Gasteiger charge is 2.12. The predicted molar refractivity (Wildman–Crippen MR) is 60.1 cm³/mol. The van der Waals surface area contributed by atoms with E-state index in [4.69, 9.17) is 22.0 Å². The van der Waals surface area contributed by atoms with E-state index in [2.05, 4.69) is 5.92 Å². The van der Waals surface area contributed by atoms with Crippen LogP contribution in [-0.4, -0.2) is 23.7 Å². The van der Waals surface area contributed by atoms with E-state index in [0.717, 1.165) is 5.56 Å². The van der Waals surface area contributed by atoms with Crippen molar-refractivity contribution in [3.05, 3.63) is 29.8 Å². The Bertz CT molecular complexity index is 409. The Hall–Kier alpha value is -1.99. The summed E-state index contributed by atoms with van der Waals surface area (Å²) in [5, 5.41) is 8.67. The third-order valence-electron chi connectivity index (χ3n) is 1.99. The maximum atomic E-state index is 10.6. The summed E-state index contributed by atoms with van der Waals surface area (Å²) in [5.74, 6) is 1.95. The van der Waals surface area contributed by atoms with Crippen LogP contribution in [0.15, 0.2) is 24.3 Å². The summed E-state index contributed by atoms with van der Waals surface area (Å²) < 4.78 is 5.21. The number of aliphatic carboxylic acids is 1. The molecule has 16 heavy (non-hydrogen) atoms. The van der Waals surface area contributed by atoms with Gasteiger partial charge < -0.3 is 15.6 Å². The minimum atomic E-state index is -1.02. The molecule has 4 nitrogen and oxygen atoms in total. The fraction of sp³-hybridized carbons (Fsp3) is 0.250. The van der Waals surface area contributed by atoms with Crippen molar-refractivity contribution < 1.29 is 14.6 Å². The fourth-order valence-corrected chi connectivity index (χ4v) is 1.23. The van der Waals surface area contributed by atoms with E-state index >= 15 is 0 Å². The molecule has 0 fully saturated rings. The SMILES string of the molecule is C#CCOc1cccc(CC(N)C(=O)O)c1. The number of benzene rings is 1. The summed E-state index contributed by atoms with van der Waals surface area (Å²) >= 11 is 0. The van der Waals surface area contributed by atoms with Gasteiger partial charge in [-0.1, -0.05) is 18.1 Å². The van der Waals surface area contributed by atoms with Crippen molar-refractivity contribution in [2.24, 2.45) is 5.73 Å². The van der Waals surface area contributed by atoms with Crippen LogP contribution in [0.3, 0.4) is 0 Å². The monoisotopic (exact) mass is 219 g/mol. The van der Waals surface area contributed by atoms with Gasteiger partial charge in [-0.25, -0.2) is 0 Å². The molecule has 0 aromatic heterocycles. The van der Waals surface area contributed by atoms with E-state index in [9.17, 15) is 4.79 Å². The van der Waals surface area contributed by atoms with E-state index in [1.807, 2.05) is 0 Å². The van der Waals surface area contributed by atoms with Crippen molar-refractivity contribution >= 4 is 5.97 Å². The Labute approximate surface area is 94.0 Å². The second kappa shape index (κ2) is 5.79. The van der Waals surface area contributed by atoms with Crippen LogP contribution in [0, 0.1) is 12.3 Å². The average molecular weight is 219 g/mol. The quantitative estimate of drug-likeness (QED) is 0.713. The highest BCUT2D eigenvalue weighted by molar-refractivity contribution is 5.73. The van der Waals surface area contributed by atoms with Crippen molar-refractivity contribution in [1.29, 1.82) is 0 Å². The number of terminal acetylenes is 1. The first-order valence-corrected chi connectivity index (χ1v) is 4.77. The molecule has 0 radical (unpaired) electrons. The van der Waals surface area contributed by atoms with Gasteiger partial charge in [-0.05, 0) is 24.1 Å². The molecule has 0 amide bonds. The smallest absolute Gasteiger partial charge is 0.320 e. The number of nitrogens with two attached hydrogens (primary N) is 1. The second-order valence-electron chi connectivity index (χ2n) is 3.29. The zero-order valence-corrected chi connectivity index (χ0v) is 8.72. The van der Waals surface area contributed by atoms with Crippen LogP contribution in [0.1, 0.15) is 5.56 Å². The lowest BCUT2D eigenvalue weighted by Crippen LogP contribution is -2.32. The molecule has 0 saturated heterocycles. The summed E-state index contributed by atoms with van der Waals surface area (Å²) in [6.45, 7) is 0.189. The summed E-state index contributed by atoms with van der Waals surface area (Å²) in [4.78, 5) is 10.6. The van der Waals surface area contributed by atoms with Gasteiger partial charge >= 0.3 is 5.97 Å². The summed E-state index contributed by atoms with van der Waals surface area (Å²) in [6.07, 6.45) is 5.33. The maximum Gasteiger partial charge on any atom is 0.320 e. The molecule has 4 heteroatoms. The number of hydrogen-bond acceptors (Lipinski definition) is 3. The number of carboxylic acids is 1. The third kappa shape index (κ3) is 3.64. The number of carboxylic acid groups (broad SMARTS) is 1. The Kier molecular flexibility index (Phi) is 4.37.